The topological polar surface area (TPSA) is 37.3 Å². The first-order valence-electron chi connectivity index (χ1n) is 4.40. The van der Waals surface area contributed by atoms with Gasteiger partial charge in [-0.3, -0.25) is 0 Å². The molecule has 0 heterocycles. The molecule has 0 aromatic rings. The zero-order valence-electron chi connectivity index (χ0n) is 8.13. The fourth-order valence-electron chi connectivity index (χ4n) is 1.08. The highest BCUT2D eigenvalue weighted by molar-refractivity contribution is 6.60. The molecule has 0 radical (unpaired) electrons. The van der Waals surface area contributed by atoms with Gasteiger partial charge in [-0.2, -0.15) is 0 Å². The molecule has 0 aliphatic carbocycles. The van der Waals surface area contributed by atoms with Crippen molar-refractivity contribution >= 4 is 14.8 Å². The van der Waals surface area contributed by atoms with Crippen LogP contribution in [0.25, 0.3) is 0 Å². The van der Waals surface area contributed by atoms with Crippen LogP contribution in [0.2, 0.25) is 18.1 Å². The second-order valence-electron chi connectivity index (χ2n) is 3.48. The summed E-state index contributed by atoms with van der Waals surface area (Å²) in [6, 6.07) is 0.740. The lowest BCUT2D eigenvalue weighted by Crippen LogP contribution is -2.16. The van der Waals surface area contributed by atoms with Crippen molar-refractivity contribution in [3.8, 4) is 0 Å². The largest absolute Gasteiger partial charge is 0.478 e. The molecule has 1 N–H and O–H groups in total. The summed E-state index contributed by atoms with van der Waals surface area (Å²) < 4.78 is 0. The first kappa shape index (κ1) is 11.4. The molecule has 0 fully saturated rings. The molecular weight excluding hydrogens is 168 g/mol. The van der Waals surface area contributed by atoms with Crippen LogP contribution in [0.15, 0.2) is 12.2 Å². The number of hydrogen-bond acceptors (Lipinski definition) is 1. The quantitative estimate of drug-likeness (QED) is 0.528. The smallest absolute Gasteiger partial charge is 0.330 e. The molecule has 2 atom stereocenters. The van der Waals surface area contributed by atoms with Crippen LogP contribution in [0, 0.1) is 0 Å². The highest BCUT2D eigenvalue weighted by Gasteiger charge is 2.15. The molecule has 0 spiro atoms. The van der Waals surface area contributed by atoms with Gasteiger partial charge in [-0.15, -0.1) is 0 Å². The SMILES string of the molecule is C=C(C[SiH](C)C(C)CC)C(=O)O. The van der Waals surface area contributed by atoms with Crippen LogP contribution in [-0.4, -0.2) is 19.9 Å². The average molecular weight is 186 g/mol. The Morgan fingerprint density at radius 2 is 2.17 bits per heavy atom. The van der Waals surface area contributed by atoms with Gasteiger partial charge in [0.2, 0.25) is 0 Å². The van der Waals surface area contributed by atoms with Crippen molar-refractivity contribution in [1.82, 2.24) is 0 Å². The van der Waals surface area contributed by atoms with E-state index in [0.29, 0.717) is 11.1 Å². The van der Waals surface area contributed by atoms with Crippen molar-refractivity contribution in [2.24, 2.45) is 0 Å². The Morgan fingerprint density at radius 3 is 2.50 bits per heavy atom. The molecule has 0 saturated carbocycles. The van der Waals surface area contributed by atoms with Crippen LogP contribution in [0.3, 0.4) is 0 Å². The number of rotatable bonds is 5. The van der Waals surface area contributed by atoms with Crippen molar-refractivity contribution in [2.75, 3.05) is 0 Å². The highest BCUT2D eigenvalue weighted by atomic mass is 28.3. The Morgan fingerprint density at radius 1 is 1.67 bits per heavy atom. The molecule has 0 aromatic carbocycles. The van der Waals surface area contributed by atoms with Crippen molar-refractivity contribution < 1.29 is 9.90 Å². The standard InChI is InChI=1S/C9H18O2Si/c1-5-8(3)12(4)6-7(2)9(10)11/h8,12H,2,5-6H2,1,3-4H3,(H,10,11). The van der Waals surface area contributed by atoms with Crippen LogP contribution >= 0.6 is 0 Å². The first-order chi connectivity index (χ1) is 5.49. The van der Waals surface area contributed by atoms with Gasteiger partial charge in [0.05, 0.1) is 0 Å². The molecule has 0 amide bonds. The van der Waals surface area contributed by atoms with E-state index >= 15 is 0 Å². The van der Waals surface area contributed by atoms with Crippen LogP contribution in [-0.2, 0) is 4.79 Å². The van der Waals surface area contributed by atoms with Gasteiger partial charge in [-0.05, 0) is 6.04 Å². The molecule has 0 aromatic heterocycles. The molecular formula is C9H18O2Si. The van der Waals surface area contributed by atoms with Crippen molar-refractivity contribution in [1.29, 1.82) is 0 Å². The third kappa shape index (κ3) is 3.71. The van der Waals surface area contributed by atoms with Gasteiger partial charge in [0.15, 0.2) is 0 Å². The van der Waals surface area contributed by atoms with Crippen LogP contribution in [0.5, 0.6) is 0 Å². The number of hydrogen-bond donors (Lipinski definition) is 1. The number of carboxylic acids is 1. The fraction of sp³-hybridized carbons (Fsp3) is 0.667. The van der Waals surface area contributed by atoms with Gasteiger partial charge >= 0.3 is 5.97 Å². The molecule has 70 valence electrons. The van der Waals surface area contributed by atoms with E-state index in [1.54, 1.807) is 0 Å². The minimum absolute atomic E-state index is 0.384. The monoisotopic (exact) mass is 186 g/mol. The maximum absolute atomic E-state index is 10.5. The van der Waals surface area contributed by atoms with E-state index in [-0.39, 0.29) is 0 Å². The van der Waals surface area contributed by atoms with Gasteiger partial charge in [0.1, 0.15) is 0 Å². The second-order valence-corrected chi connectivity index (χ2v) is 6.98. The predicted molar refractivity (Wildman–Crippen MR) is 54.3 cm³/mol. The Hall–Kier alpha value is -0.573. The molecule has 2 nitrogen and oxygen atoms in total. The van der Waals surface area contributed by atoms with E-state index in [2.05, 4.69) is 27.0 Å². The first-order valence-corrected chi connectivity index (χ1v) is 7.03. The summed E-state index contributed by atoms with van der Waals surface area (Å²) in [7, 11) is -0.891. The lowest BCUT2D eigenvalue weighted by atomic mass is 10.3. The van der Waals surface area contributed by atoms with Crippen LogP contribution in [0.1, 0.15) is 20.3 Å². The number of carbonyl (C=O) groups is 1. The van der Waals surface area contributed by atoms with Crippen LogP contribution < -0.4 is 0 Å². The summed E-state index contributed by atoms with van der Waals surface area (Å²) in [6.45, 7) is 10.1. The van der Waals surface area contributed by atoms with E-state index in [9.17, 15) is 4.79 Å². The molecule has 2 unspecified atom stereocenters. The van der Waals surface area contributed by atoms with Gasteiger partial charge in [-0.25, -0.2) is 4.79 Å². The molecule has 0 aliphatic heterocycles. The Balaban J connectivity index is 3.92. The third-order valence-corrected chi connectivity index (χ3v) is 6.04. The molecule has 0 bridgehead atoms. The van der Waals surface area contributed by atoms with E-state index in [0.717, 1.165) is 12.5 Å². The summed E-state index contributed by atoms with van der Waals surface area (Å²) in [4.78, 5) is 10.5. The molecule has 0 rings (SSSR count). The lowest BCUT2D eigenvalue weighted by Gasteiger charge is -2.15. The Labute approximate surface area is 75.9 Å². The minimum Gasteiger partial charge on any atom is -0.478 e. The van der Waals surface area contributed by atoms with E-state index in [1.807, 2.05) is 0 Å². The minimum atomic E-state index is -0.891. The summed E-state index contributed by atoms with van der Waals surface area (Å²) in [5.41, 5.74) is 1.09. The molecule has 3 heteroatoms. The summed E-state index contributed by atoms with van der Waals surface area (Å²) >= 11 is 0. The highest BCUT2D eigenvalue weighted by Crippen LogP contribution is 2.19. The van der Waals surface area contributed by atoms with Gasteiger partial charge in [0, 0.05) is 14.4 Å². The predicted octanol–water partition coefficient (Wildman–Crippen LogP) is 2.28. The van der Waals surface area contributed by atoms with Crippen LogP contribution in [0.4, 0.5) is 0 Å². The zero-order chi connectivity index (χ0) is 9.72. The van der Waals surface area contributed by atoms with Crippen molar-refractivity contribution in [2.45, 2.75) is 38.4 Å². The average Bonchev–Trinajstić information content (AvgIpc) is 2.02. The fourth-order valence-corrected chi connectivity index (χ4v) is 3.24. The molecule has 0 aliphatic rings. The summed E-state index contributed by atoms with van der Waals surface area (Å²) in [5, 5.41) is 8.61. The Bertz CT molecular complexity index is 177. The lowest BCUT2D eigenvalue weighted by molar-refractivity contribution is -0.132. The maximum Gasteiger partial charge on any atom is 0.330 e. The third-order valence-electron chi connectivity index (χ3n) is 2.49. The van der Waals surface area contributed by atoms with Gasteiger partial charge < -0.3 is 5.11 Å². The Kier molecular flexibility index (Phi) is 4.89. The summed E-state index contributed by atoms with van der Waals surface area (Å²) in [6.07, 6.45) is 1.15. The zero-order valence-corrected chi connectivity index (χ0v) is 9.29. The van der Waals surface area contributed by atoms with E-state index in [4.69, 9.17) is 5.11 Å². The van der Waals surface area contributed by atoms with E-state index in [1.165, 1.54) is 0 Å². The van der Waals surface area contributed by atoms with Gasteiger partial charge in [0.25, 0.3) is 0 Å². The van der Waals surface area contributed by atoms with Crippen molar-refractivity contribution in [3.05, 3.63) is 12.2 Å². The normalized spacial score (nSPS) is 15.2. The number of aliphatic carboxylic acids is 1. The maximum atomic E-state index is 10.5. The molecule has 12 heavy (non-hydrogen) atoms. The number of carboxylic acid groups (broad SMARTS) is 1. The second kappa shape index (κ2) is 5.14. The molecule has 0 saturated heterocycles. The van der Waals surface area contributed by atoms with Crippen molar-refractivity contribution in [3.63, 3.8) is 0 Å². The van der Waals surface area contributed by atoms with E-state index < -0.39 is 14.8 Å². The van der Waals surface area contributed by atoms with Gasteiger partial charge in [-0.1, -0.05) is 38.9 Å². The summed E-state index contributed by atoms with van der Waals surface area (Å²) in [5.74, 6) is -0.836.